The van der Waals surface area contributed by atoms with E-state index in [0.29, 0.717) is 25.5 Å². The van der Waals surface area contributed by atoms with Crippen LogP contribution in [0.15, 0.2) is 18.2 Å². The lowest BCUT2D eigenvalue weighted by molar-refractivity contribution is -0.0515. The number of hydrogen-bond acceptors (Lipinski definition) is 5. The number of hydrogen-bond donors (Lipinski definition) is 1. The number of carbonyl (C=O) groups excluding carboxylic acids is 1. The van der Waals surface area contributed by atoms with Crippen molar-refractivity contribution in [2.24, 2.45) is 5.92 Å². The number of aliphatic hydroxyl groups is 1. The molecule has 162 valence electrons. The summed E-state index contributed by atoms with van der Waals surface area (Å²) in [7, 11) is 0. The Balaban J connectivity index is 1.76. The minimum atomic E-state index is -2.93. The summed E-state index contributed by atoms with van der Waals surface area (Å²) in [5.41, 5.74) is 0.217. The normalized spacial score (nSPS) is 22.1. The third-order valence-corrected chi connectivity index (χ3v) is 5.08. The number of aliphatic hydroxyl groups excluding tert-OH is 1. The highest BCUT2D eigenvalue weighted by Gasteiger charge is 2.38. The third-order valence-electron chi connectivity index (χ3n) is 5.08. The number of alkyl halides is 2. The molecule has 1 saturated carbocycles. The van der Waals surface area contributed by atoms with Gasteiger partial charge in [-0.05, 0) is 63.6 Å². The molecule has 0 spiro atoms. The summed E-state index contributed by atoms with van der Waals surface area (Å²) in [5.74, 6) is 0.686. The average molecular weight is 413 g/mol. The van der Waals surface area contributed by atoms with E-state index in [1.54, 1.807) is 32.9 Å². The van der Waals surface area contributed by atoms with E-state index in [4.69, 9.17) is 9.47 Å². The first-order valence-electron chi connectivity index (χ1n) is 9.98. The summed E-state index contributed by atoms with van der Waals surface area (Å²) in [4.78, 5) is 14.0. The Morgan fingerprint density at radius 2 is 2.00 bits per heavy atom. The Bertz CT molecular complexity index is 718. The fraction of sp³-hybridized carbons (Fsp3) is 0.667. The molecule has 1 aromatic carbocycles. The van der Waals surface area contributed by atoms with Gasteiger partial charge in [0.15, 0.2) is 11.5 Å². The van der Waals surface area contributed by atoms with Gasteiger partial charge in [0.05, 0.1) is 19.3 Å². The van der Waals surface area contributed by atoms with Crippen LogP contribution in [0, 0.1) is 5.92 Å². The van der Waals surface area contributed by atoms with Gasteiger partial charge in [-0.25, -0.2) is 4.79 Å². The van der Waals surface area contributed by atoms with E-state index < -0.39 is 18.3 Å². The van der Waals surface area contributed by atoms with E-state index in [2.05, 4.69) is 4.74 Å². The molecule has 1 N–H and O–H groups in total. The van der Waals surface area contributed by atoms with E-state index in [1.807, 2.05) is 0 Å². The van der Waals surface area contributed by atoms with Crippen LogP contribution in [0.3, 0.4) is 0 Å². The number of likely N-dealkylation sites (tertiary alicyclic amines) is 1. The first kappa shape index (κ1) is 21.6. The monoisotopic (exact) mass is 413 g/mol. The van der Waals surface area contributed by atoms with Crippen molar-refractivity contribution in [2.75, 3.05) is 19.8 Å². The van der Waals surface area contributed by atoms with Crippen molar-refractivity contribution in [3.8, 4) is 11.5 Å². The molecule has 6 nitrogen and oxygen atoms in total. The van der Waals surface area contributed by atoms with Crippen LogP contribution in [0.4, 0.5) is 13.6 Å². The second-order valence-electron chi connectivity index (χ2n) is 8.74. The highest BCUT2D eigenvalue weighted by atomic mass is 19.3. The summed E-state index contributed by atoms with van der Waals surface area (Å²) in [6.45, 7) is 3.10. The van der Waals surface area contributed by atoms with Crippen LogP contribution in [0.25, 0.3) is 0 Å². The van der Waals surface area contributed by atoms with Gasteiger partial charge in [-0.2, -0.15) is 8.78 Å². The van der Waals surface area contributed by atoms with E-state index in [-0.39, 0.29) is 30.1 Å². The van der Waals surface area contributed by atoms with Gasteiger partial charge in [-0.3, -0.25) is 0 Å². The predicted molar refractivity (Wildman–Crippen MR) is 102 cm³/mol. The Hall–Kier alpha value is -2.09. The van der Waals surface area contributed by atoms with Gasteiger partial charge in [0.2, 0.25) is 0 Å². The fourth-order valence-corrected chi connectivity index (χ4v) is 3.45. The summed E-state index contributed by atoms with van der Waals surface area (Å²) in [6, 6.07) is 4.54. The van der Waals surface area contributed by atoms with Crippen LogP contribution in [-0.2, 0) is 4.74 Å². The van der Waals surface area contributed by atoms with E-state index >= 15 is 0 Å². The Morgan fingerprint density at radius 1 is 1.28 bits per heavy atom. The molecule has 0 radical (unpaired) electrons. The van der Waals surface area contributed by atoms with Crippen molar-refractivity contribution in [1.82, 2.24) is 4.90 Å². The Labute approximate surface area is 169 Å². The van der Waals surface area contributed by atoms with Crippen LogP contribution in [0.5, 0.6) is 11.5 Å². The molecule has 0 bridgehead atoms. The summed E-state index contributed by atoms with van der Waals surface area (Å²) in [5, 5.41) is 9.72. The molecule has 2 aliphatic rings. The highest BCUT2D eigenvalue weighted by molar-refractivity contribution is 5.69. The molecule has 3 rings (SSSR count). The molecule has 1 aliphatic carbocycles. The maximum atomic E-state index is 12.7. The van der Waals surface area contributed by atoms with Crippen molar-refractivity contribution in [1.29, 1.82) is 0 Å². The summed E-state index contributed by atoms with van der Waals surface area (Å²) in [6.07, 6.45) is 2.24. The van der Waals surface area contributed by atoms with Crippen LogP contribution in [0.2, 0.25) is 0 Å². The zero-order chi connectivity index (χ0) is 21.2. The molecule has 1 heterocycles. The number of ether oxygens (including phenoxy) is 3. The second kappa shape index (κ2) is 8.73. The SMILES string of the molecule is CC(C)(C)OC(=O)N1C[C@@H](c2ccc(OC(F)F)c(OCC3CC3)c2)C[C@H]1CO. The minimum Gasteiger partial charge on any atom is -0.489 e. The smallest absolute Gasteiger partial charge is 0.410 e. The van der Waals surface area contributed by atoms with Gasteiger partial charge in [-0.15, -0.1) is 0 Å². The van der Waals surface area contributed by atoms with Crippen molar-refractivity contribution in [2.45, 2.75) is 64.2 Å². The predicted octanol–water partition coefficient (Wildman–Crippen LogP) is 4.16. The van der Waals surface area contributed by atoms with Crippen molar-refractivity contribution in [3.05, 3.63) is 23.8 Å². The lowest BCUT2D eigenvalue weighted by atomic mass is 9.96. The zero-order valence-corrected chi connectivity index (χ0v) is 17.1. The topological polar surface area (TPSA) is 68.2 Å². The van der Waals surface area contributed by atoms with Crippen LogP contribution in [-0.4, -0.2) is 54.1 Å². The first-order chi connectivity index (χ1) is 13.7. The molecule has 29 heavy (non-hydrogen) atoms. The number of carbonyl (C=O) groups is 1. The average Bonchev–Trinajstić information content (AvgIpc) is 3.35. The van der Waals surface area contributed by atoms with Gasteiger partial charge in [-0.1, -0.05) is 6.07 Å². The van der Waals surface area contributed by atoms with Gasteiger partial charge >= 0.3 is 12.7 Å². The molecule has 1 saturated heterocycles. The molecule has 0 aromatic heterocycles. The lowest BCUT2D eigenvalue weighted by Gasteiger charge is -2.27. The van der Waals surface area contributed by atoms with Gasteiger partial charge < -0.3 is 24.2 Å². The van der Waals surface area contributed by atoms with Crippen molar-refractivity contribution >= 4 is 6.09 Å². The maximum absolute atomic E-state index is 12.7. The van der Waals surface area contributed by atoms with Crippen LogP contribution in [0.1, 0.15) is 51.5 Å². The molecule has 1 amide bonds. The van der Waals surface area contributed by atoms with Gasteiger partial charge in [0.25, 0.3) is 0 Å². The van der Waals surface area contributed by atoms with Gasteiger partial charge in [0.1, 0.15) is 5.60 Å². The van der Waals surface area contributed by atoms with E-state index in [1.165, 1.54) is 11.0 Å². The minimum absolute atomic E-state index is 0.00473. The van der Waals surface area contributed by atoms with Crippen molar-refractivity contribution < 1.29 is 32.9 Å². The molecule has 2 fully saturated rings. The largest absolute Gasteiger partial charge is 0.489 e. The number of amides is 1. The summed E-state index contributed by atoms with van der Waals surface area (Å²) < 4.78 is 41.2. The third kappa shape index (κ3) is 5.95. The highest BCUT2D eigenvalue weighted by Crippen LogP contribution is 2.39. The molecular weight excluding hydrogens is 384 g/mol. The molecule has 1 aromatic rings. The van der Waals surface area contributed by atoms with E-state index in [9.17, 15) is 18.7 Å². The first-order valence-corrected chi connectivity index (χ1v) is 9.98. The van der Waals surface area contributed by atoms with Crippen molar-refractivity contribution in [3.63, 3.8) is 0 Å². The van der Waals surface area contributed by atoms with E-state index in [0.717, 1.165) is 18.4 Å². The van der Waals surface area contributed by atoms with Crippen LogP contribution < -0.4 is 9.47 Å². The Morgan fingerprint density at radius 3 is 2.59 bits per heavy atom. The molecular formula is C21H29F2NO5. The Kier molecular flexibility index (Phi) is 6.51. The molecule has 2 atom stereocenters. The molecule has 0 unspecified atom stereocenters. The number of rotatable bonds is 7. The lowest BCUT2D eigenvalue weighted by Crippen LogP contribution is -2.41. The standard InChI is InChI=1S/C21H29F2NO5/c1-21(2,3)29-20(26)24-10-15(8-16(24)11-25)14-6-7-17(28-19(22)23)18(9-14)27-12-13-4-5-13/h6-7,9,13,15-16,19,25H,4-5,8,10-12H2,1-3H3/t15-,16-/m0/s1. The number of nitrogens with zero attached hydrogens (tertiary/aromatic N) is 1. The molecule has 8 heteroatoms. The quantitative estimate of drug-likeness (QED) is 0.727. The maximum Gasteiger partial charge on any atom is 0.410 e. The second-order valence-corrected chi connectivity index (χ2v) is 8.74. The van der Waals surface area contributed by atoms with Crippen LogP contribution >= 0.6 is 0 Å². The number of benzene rings is 1. The van der Waals surface area contributed by atoms with Gasteiger partial charge in [0, 0.05) is 12.5 Å². The molecule has 1 aliphatic heterocycles. The zero-order valence-electron chi connectivity index (χ0n) is 17.1. The number of halogens is 2. The fourth-order valence-electron chi connectivity index (χ4n) is 3.45. The summed E-state index contributed by atoms with van der Waals surface area (Å²) >= 11 is 0.